The Morgan fingerprint density at radius 2 is 2.20 bits per heavy atom. The molecular weight excluding hydrogens is 358 g/mol. The minimum absolute atomic E-state index is 0.0126. The molecule has 138 valence electrons. The first kappa shape index (κ1) is 20.1. The molecule has 0 radical (unpaired) electrons. The molecule has 1 aromatic carbocycles. The summed E-state index contributed by atoms with van der Waals surface area (Å²) in [6.45, 7) is 5.12. The number of nitrogens with one attached hydrogen (secondary N) is 1. The molecule has 1 heterocycles. The Morgan fingerprint density at radius 1 is 1.44 bits per heavy atom. The van der Waals surface area contributed by atoms with Gasteiger partial charge >= 0.3 is 0 Å². The van der Waals surface area contributed by atoms with Gasteiger partial charge in [0.05, 0.1) is 16.2 Å². The zero-order valence-electron chi connectivity index (χ0n) is 14.5. The van der Waals surface area contributed by atoms with Gasteiger partial charge in [0.25, 0.3) is 0 Å². The van der Waals surface area contributed by atoms with Crippen LogP contribution in [0.1, 0.15) is 26.2 Å². The fraction of sp³-hybridized carbons (Fsp3) is 0.556. The first-order valence-electron chi connectivity index (χ1n) is 8.68. The second-order valence-corrected chi connectivity index (χ2v) is 8.17. The van der Waals surface area contributed by atoms with Gasteiger partial charge in [-0.05, 0) is 51.4 Å². The van der Waals surface area contributed by atoms with Gasteiger partial charge in [-0.1, -0.05) is 23.7 Å². The molecule has 0 bridgehead atoms. The van der Waals surface area contributed by atoms with Crippen molar-refractivity contribution in [2.75, 3.05) is 26.2 Å². The van der Waals surface area contributed by atoms with Crippen molar-refractivity contribution in [2.45, 2.75) is 36.3 Å². The Morgan fingerprint density at radius 3 is 2.92 bits per heavy atom. The molecular formula is C18H26ClN3O2S. The number of primary amides is 1. The first-order valence-corrected chi connectivity index (χ1v) is 9.93. The van der Waals surface area contributed by atoms with Gasteiger partial charge in [-0.3, -0.25) is 9.59 Å². The van der Waals surface area contributed by atoms with E-state index in [1.807, 2.05) is 31.2 Å². The number of piperidine rings is 1. The van der Waals surface area contributed by atoms with Crippen molar-refractivity contribution in [1.29, 1.82) is 0 Å². The van der Waals surface area contributed by atoms with Crippen LogP contribution in [0, 0.1) is 5.92 Å². The SMILES string of the molecule is CC(Sc1ccccc1Cl)C(=O)NCCCN1CCCC(C(N)=O)C1. The van der Waals surface area contributed by atoms with E-state index in [9.17, 15) is 9.59 Å². The third-order valence-electron chi connectivity index (χ3n) is 4.37. The van der Waals surface area contributed by atoms with Crippen molar-refractivity contribution < 1.29 is 9.59 Å². The summed E-state index contributed by atoms with van der Waals surface area (Å²) in [5.74, 6) is -0.225. The summed E-state index contributed by atoms with van der Waals surface area (Å²) >= 11 is 7.59. The van der Waals surface area contributed by atoms with Crippen LogP contribution in [0.25, 0.3) is 0 Å². The van der Waals surface area contributed by atoms with Gasteiger partial charge in [0.1, 0.15) is 0 Å². The highest BCUT2D eigenvalue weighted by molar-refractivity contribution is 8.00. The lowest BCUT2D eigenvalue weighted by atomic mass is 9.97. The largest absolute Gasteiger partial charge is 0.369 e. The molecule has 1 aliphatic heterocycles. The van der Waals surface area contributed by atoms with E-state index in [2.05, 4.69) is 10.2 Å². The Bertz CT molecular complexity index is 599. The van der Waals surface area contributed by atoms with Gasteiger partial charge in [0, 0.05) is 18.0 Å². The van der Waals surface area contributed by atoms with Gasteiger partial charge in [0.2, 0.25) is 11.8 Å². The van der Waals surface area contributed by atoms with E-state index in [0.717, 1.165) is 43.8 Å². The third kappa shape index (κ3) is 6.53. The molecule has 3 N–H and O–H groups in total. The molecule has 1 saturated heterocycles. The molecule has 5 nitrogen and oxygen atoms in total. The third-order valence-corrected chi connectivity index (χ3v) is 5.99. The Labute approximate surface area is 158 Å². The van der Waals surface area contributed by atoms with Crippen LogP contribution in [0.2, 0.25) is 5.02 Å². The van der Waals surface area contributed by atoms with Crippen LogP contribution in [-0.2, 0) is 9.59 Å². The van der Waals surface area contributed by atoms with Crippen molar-refractivity contribution in [1.82, 2.24) is 10.2 Å². The maximum atomic E-state index is 12.2. The number of nitrogens with two attached hydrogens (primary N) is 1. The zero-order valence-corrected chi connectivity index (χ0v) is 16.1. The van der Waals surface area contributed by atoms with E-state index in [-0.39, 0.29) is 23.0 Å². The molecule has 1 fully saturated rings. The molecule has 1 aromatic rings. The maximum absolute atomic E-state index is 12.2. The number of amides is 2. The van der Waals surface area contributed by atoms with Crippen LogP contribution in [-0.4, -0.2) is 48.1 Å². The molecule has 0 aliphatic carbocycles. The topological polar surface area (TPSA) is 75.4 Å². The van der Waals surface area contributed by atoms with Crippen LogP contribution >= 0.6 is 23.4 Å². The Kier molecular flexibility index (Phi) is 8.06. The van der Waals surface area contributed by atoms with Crippen molar-refractivity contribution in [3.63, 3.8) is 0 Å². The molecule has 0 saturated carbocycles. The van der Waals surface area contributed by atoms with Crippen LogP contribution < -0.4 is 11.1 Å². The number of likely N-dealkylation sites (tertiary alicyclic amines) is 1. The lowest BCUT2D eigenvalue weighted by Crippen LogP contribution is -2.42. The van der Waals surface area contributed by atoms with Crippen molar-refractivity contribution in [3.05, 3.63) is 29.3 Å². The highest BCUT2D eigenvalue weighted by Gasteiger charge is 2.23. The minimum atomic E-state index is -0.205. The van der Waals surface area contributed by atoms with Gasteiger partial charge in [-0.15, -0.1) is 11.8 Å². The molecule has 25 heavy (non-hydrogen) atoms. The summed E-state index contributed by atoms with van der Waals surface area (Å²) in [7, 11) is 0. The van der Waals surface area contributed by atoms with E-state index >= 15 is 0 Å². The van der Waals surface area contributed by atoms with E-state index < -0.39 is 0 Å². The fourth-order valence-corrected chi connectivity index (χ4v) is 4.11. The number of carbonyl (C=O) groups excluding carboxylic acids is 2. The monoisotopic (exact) mass is 383 g/mol. The average Bonchev–Trinajstić information content (AvgIpc) is 2.60. The Balaban J connectivity index is 1.66. The van der Waals surface area contributed by atoms with Crippen LogP contribution in [0.3, 0.4) is 0 Å². The molecule has 2 atom stereocenters. The minimum Gasteiger partial charge on any atom is -0.369 e. The Hall–Kier alpha value is -1.24. The van der Waals surface area contributed by atoms with E-state index in [1.54, 1.807) is 0 Å². The average molecular weight is 384 g/mol. The predicted molar refractivity (Wildman–Crippen MR) is 103 cm³/mol. The number of benzene rings is 1. The molecule has 1 aliphatic rings. The quantitative estimate of drug-likeness (QED) is 0.534. The van der Waals surface area contributed by atoms with Gasteiger partial charge in [-0.2, -0.15) is 0 Å². The molecule has 0 aromatic heterocycles. The smallest absolute Gasteiger partial charge is 0.233 e. The first-order chi connectivity index (χ1) is 12.0. The summed E-state index contributed by atoms with van der Waals surface area (Å²) in [5.41, 5.74) is 5.40. The summed E-state index contributed by atoms with van der Waals surface area (Å²) in [6.07, 6.45) is 2.76. The summed E-state index contributed by atoms with van der Waals surface area (Å²) in [5, 5.41) is 3.44. The normalized spacial score (nSPS) is 19.4. The lowest BCUT2D eigenvalue weighted by Gasteiger charge is -2.31. The van der Waals surface area contributed by atoms with Gasteiger partial charge < -0.3 is 16.0 Å². The molecule has 2 unspecified atom stereocenters. The van der Waals surface area contributed by atoms with Crippen LogP contribution in [0.4, 0.5) is 0 Å². The van der Waals surface area contributed by atoms with Crippen LogP contribution in [0.5, 0.6) is 0 Å². The van der Waals surface area contributed by atoms with Crippen LogP contribution in [0.15, 0.2) is 29.2 Å². The van der Waals surface area contributed by atoms with Crippen molar-refractivity contribution >= 4 is 35.2 Å². The lowest BCUT2D eigenvalue weighted by molar-refractivity contribution is -0.123. The maximum Gasteiger partial charge on any atom is 0.233 e. The number of nitrogens with zero attached hydrogens (tertiary/aromatic N) is 1. The number of rotatable bonds is 8. The van der Waals surface area contributed by atoms with Gasteiger partial charge in [-0.25, -0.2) is 0 Å². The molecule has 7 heteroatoms. The molecule has 2 rings (SSSR count). The standard InChI is InChI=1S/C18H26ClN3O2S/c1-13(25-16-8-3-2-7-15(16)19)18(24)21-9-5-11-22-10-4-6-14(12-22)17(20)23/h2-3,7-8,13-14H,4-6,9-12H2,1H3,(H2,20,23)(H,21,24). The summed E-state index contributed by atoms with van der Waals surface area (Å²) in [6, 6.07) is 7.53. The highest BCUT2D eigenvalue weighted by atomic mass is 35.5. The summed E-state index contributed by atoms with van der Waals surface area (Å²) < 4.78 is 0. The predicted octanol–water partition coefficient (Wildman–Crippen LogP) is 2.52. The number of halogens is 1. The number of carbonyl (C=O) groups is 2. The number of hydrogen-bond acceptors (Lipinski definition) is 4. The molecule has 2 amide bonds. The second kappa shape index (κ2) is 10.0. The fourth-order valence-electron chi connectivity index (χ4n) is 2.93. The molecule has 0 spiro atoms. The highest BCUT2D eigenvalue weighted by Crippen LogP contribution is 2.29. The van der Waals surface area contributed by atoms with Gasteiger partial charge in [0.15, 0.2) is 0 Å². The van der Waals surface area contributed by atoms with Crippen molar-refractivity contribution in [2.24, 2.45) is 11.7 Å². The summed E-state index contributed by atoms with van der Waals surface area (Å²) in [4.78, 5) is 26.7. The second-order valence-electron chi connectivity index (χ2n) is 6.38. The zero-order chi connectivity index (χ0) is 18.2. The van der Waals surface area contributed by atoms with E-state index in [1.165, 1.54) is 11.8 Å². The van der Waals surface area contributed by atoms with Crippen molar-refractivity contribution in [3.8, 4) is 0 Å². The number of thioether (sulfide) groups is 1. The van der Waals surface area contributed by atoms with E-state index in [0.29, 0.717) is 11.6 Å². The number of hydrogen-bond donors (Lipinski definition) is 2. The van der Waals surface area contributed by atoms with E-state index in [4.69, 9.17) is 17.3 Å².